The van der Waals surface area contributed by atoms with Gasteiger partial charge >= 0.3 is 5.97 Å². The van der Waals surface area contributed by atoms with Crippen molar-refractivity contribution >= 4 is 42.4 Å². The maximum Gasteiger partial charge on any atom is 0.305 e. The number of esters is 1. The van der Waals surface area contributed by atoms with E-state index >= 15 is 4.79 Å². The van der Waals surface area contributed by atoms with Gasteiger partial charge in [-0.25, -0.2) is 0 Å². The first-order chi connectivity index (χ1) is 26.8. The minimum atomic E-state index is -2.46. The normalized spacial score (nSPS) is 21.5. The summed E-state index contributed by atoms with van der Waals surface area (Å²) in [5, 5.41) is 33.2. The van der Waals surface area contributed by atoms with Gasteiger partial charge < -0.3 is 34.6 Å². The third kappa shape index (κ3) is 7.88. The lowest BCUT2D eigenvalue weighted by Crippen LogP contribution is -2.52. The lowest BCUT2D eigenvalue weighted by Gasteiger charge is -2.37. The molecule has 1 fully saturated rings. The second kappa shape index (κ2) is 17.1. The van der Waals surface area contributed by atoms with Crippen molar-refractivity contribution in [3.63, 3.8) is 0 Å². The molecule has 0 aliphatic carbocycles. The van der Waals surface area contributed by atoms with Crippen molar-refractivity contribution in [2.24, 2.45) is 5.92 Å². The largest absolute Gasteiger partial charge is 0.497 e. The van der Waals surface area contributed by atoms with Crippen molar-refractivity contribution in [1.29, 1.82) is 0 Å². The fraction of sp³-hybridized carbons (Fsp3) is 0.452. The molecule has 2 aliphatic heterocycles. The molecule has 1 spiro atoms. The quantitative estimate of drug-likeness (QED) is 0.0823. The number of benzene rings is 3. The Balaban J connectivity index is 1.38. The fourth-order valence-electron chi connectivity index (χ4n) is 8.67. The number of aromatic nitrogens is 3. The first-order valence-electron chi connectivity index (χ1n) is 19.3. The van der Waals surface area contributed by atoms with E-state index in [2.05, 4.69) is 47.8 Å². The monoisotopic (exact) mass is 783 g/mol. The van der Waals surface area contributed by atoms with Crippen molar-refractivity contribution < 1.29 is 38.8 Å². The Morgan fingerprint density at radius 3 is 2.43 bits per heavy atom. The van der Waals surface area contributed by atoms with Crippen molar-refractivity contribution in [2.75, 3.05) is 37.6 Å². The molecule has 4 aromatic rings. The number of ether oxygens (including phenoxy) is 3. The second-order valence-corrected chi connectivity index (χ2v) is 20.1. The summed E-state index contributed by atoms with van der Waals surface area (Å²) in [6.45, 7) is 8.84. The molecule has 0 bridgehead atoms. The average Bonchev–Trinajstić information content (AvgIpc) is 3.86. The highest BCUT2D eigenvalue weighted by Gasteiger charge is 2.66. The number of nitrogens with one attached hydrogen (secondary N) is 1. The van der Waals surface area contributed by atoms with E-state index in [1.54, 1.807) is 22.8 Å². The van der Waals surface area contributed by atoms with Gasteiger partial charge in [-0.05, 0) is 67.6 Å². The average molecular weight is 784 g/mol. The number of hydrogen-bond acceptors (Lipinski definition) is 10. The molecule has 3 aromatic carbocycles. The zero-order valence-corrected chi connectivity index (χ0v) is 34.0. The fourth-order valence-corrected chi connectivity index (χ4v) is 12.7. The summed E-state index contributed by atoms with van der Waals surface area (Å²) < 4.78 is 19.4. The second-order valence-electron chi connectivity index (χ2n) is 15.4. The molecule has 2 aliphatic rings. The molecule has 2 amide bonds. The van der Waals surface area contributed by atoms with Gasteiger partial charge in [0.05, 0.1) is 52.3 Å². The number of unbranched alkanes of at least 4 members (excludes halogenated alkanes) is 1. The Hall–Kier alpha value is -4.89. The van der Waals surface area contributed by atoms with Crippen LogP contribution >= 0.6 is 0 Å². The number of carbonyl (C=O) groups is 3. The summed E-state index contributed by atoms with van der Waals surface area (Å²) in [4.78, 5) is 41.4. The van der Waals surface area contributed by atoms with Gasteiger partial charge in [0.15, 0.2) is 5.60 Å². The third-order valence-corrected chi connectivity index (χ3v) is 16.0. The molecule has 3 N–H and O–H groups in total. The highest BCUT2D eigenvalue weighted by molar-refractivity contribution is 6.91. The molecule has 6 rings (SSSR count). The molecule has 1 aromatic heterocycles. The van der Waals surface area contributed by atoms with E-state index in [1.165, 1.54) is 19.2 Å². The van der Waals surface area contributed by atoms with Gasteiger partial charge in [-0.2, -0.15) is 0 Å². The van der Waals surface area contributed by atoms with Crippen LogP contribution in [0.15, 0.2) is 79.0 Å². The number of hydrogen-bond donors (Lipinski definition) is 3. The summed E-state index contributed by atoms with van der Waals surface area (Å²) in [6.07, 6.45) is 2.14. The Bertz CT molecular complexity index is 2010. The number of nitrogens with zero attached hydrogens (tertiary/aromatic N) is 4. The maximum atomic E-state index is 15.1. The molecule has 1 unspecified atom stereocenters. The number of aryl methyl sites for hydroxylation is 1. The summed E-state index contributed by atoms with van der Waals surface area (Å²) in [5.41, 5.74) is 1.98. The number of amides is 2. The van der Waals surface area contributed by atoms with Crippen LogP contribution in [0.1, 0.15) is 62.3 Å². The number of anilines is 2. The van der Waals surface area contributed by atoms with Crippen LogP contribution in [0.4, 0.5) is 11.4 Å². The van der Waals surface area contributed by atoms with Crippen LogP contribution in [0.3, 0.4) is 0 Å². The summed E-state index contributed by atoms with van der Waals surface area (Å²) in [6, 6.07) is 23.3. The van der Waals surface area contributed by atoms with Gasteiger partial charge in [0.25, 0.3) is 11.8 Å². The third-order valence-electron chi connectivity index (χ3n) is 11.7. The first-order valence-corrected chi connectivity index (χ1v) is 22.3. The van der Waals surface area contributed by atoms with E-state index in [4.69, 9.17) is 14.2 Å². The smallest absolute Gasteiger partial charge is 0.305 e. The molecule has 1 saturated heterocycles. The summed E-state index contributed by atoms with van der Waals surface area (Å²) >= 11 is 0. The highest BCUT2D eigenvalue weighted by Crippen LogP contribution is 2.60. The molecule has 3 heterocycles. The molecular formula is C42H53N5O8Si. The van der Waals surface area contributed by atoms with Gasteiger partial charge in [0, 0.05) is 42.9 Å². The Labute approximate surface area is 329 Å². The lowest BCUT2D eigenvalue weighted by molar-refractivity contribution is -0.146. The van der Waals surface area contributed by atoms with E-state index in [0.29, 0.717) is 55.0 Å². The number of rotatable bonds is 16. The number of aliphatic hydroxyl groups is 2. The number of carbonyl (C=O) groups excluding carboxylic acids is 3. The zero-order valence-electron chi connectivity index (χ0n) is 33.0. The van der Waals surface area contributed by atoms with Crippen molar-refractivity contribution in [1.82, 2.24) is 15.0 Å². The van der Waals surface area contributed by atoms with Gasteiger partial charge in [-0.3, -0.25) is 19.1 Å². The predicted octanol–water partition coefficient (Wildman–Crippen LogP) is 4.73. The number of methoxy groups -OCH3 is 2. The van der Waals surface area contributed by atoms with Crippen LogP contribution < -0.4 is 20.1 Å². The summed E-state index contributed by atoms with van der Waals surface area (Å²) in [7, 11) is 0.544. The van der Waals surface area contributed by atoms with Gasteiger partial charge in [0.2, 0.25) is 0 Å². The zero-order chi connectivity index (χ0) is 40.2. The maximum absolute atomic E-state index is 15.1. The number of aliphatic hydroxyl groups excluding tert-OH is 2. The van der Waals surface area contributed by atoms with E-state index in [9.17, 15) is 19.8 Å². The van der Waals surface area contributed by atoms with Gasteiger partial charge in [-0.15, -0.1) is 5.10 Å². The van der Waals surface area contributed by atoms with E-state index in [-0.39, 0.29) is 48.4 Å². The Morgan fingerprint density at radius 1 is 1.04 bits per heavy atom. The van der Waals surface area contributed by atoms with E-state index in [0.717, 1.165) is 11.3 Å². The Kier molecular flexibility index (Phi) is 12.4. The molecule has 0 radical (unpaired) electrons. The highest BCUT2D eigenvalue weighted by atomic mass is 28.3. The van der Waals surface area contributed by atoms with Crippen molar-refractivity contribution in [2.45, 2.75) is 88.4 Å². The number of fused-ring (bicyclic) bond motifs is 2. The SMILES string of the molecule is COC(=O)CCCCN1C(=O)[C@]2(O[C@H](CCn3cc(C(CO)c4ccccc4)nn3)[C@@H]([Si](C)(C)c3ccc(OC)cc3)[C@@H]2C)c2cc(NC(=O)[C@H](C)O)ccc21. The molecule has 6 atom stereocenters. The predicted molar refractivity (Wildman–Crippen MR) is 215 cm³/mol. The Morgan fingerprint density at radius 2 is 1.77 bits per heavy atom. The summed E-state index contributed by atoms with van der Waals surface area (Å²) in [5.74, 6) is -0.900. The minimum Gasteiger partial charge on any atom is -0.497 e. The lowest BCUT2D eigenvalue weighted by atomic mass is 9.82. The van der Waals surface area contributed by atoms with Crippen molar-refractivity contribution in [3.8, 4) is 5.75 Å². The topological polar surface area (TPSA) is 165 Å². The van der Waals surface area contributed by atoms with E-state index < -0.39 is 25.7 Å². The van der Waals surface area contributed by atoms with E-state index in [1.807, 2.05) is 60.8 Å². The molecule has 13 nitrogen and oxygen atoms in total. The van der Waals surface area contributed by atoms with Crippen molar-refractivity contribution in [3.05, 3.63) is 95.8 Å². The van der Waals surface area contributed by atoms with Crippen LogP contribution in [0, 0.1) is 5.92 Å². The molecular weight excluding hydrogens is 731 g/mol. The van der Waals surface area contributed by atoms with Gasteiger partial charge in [0.1, 0.15) is 11.9 Å². The van der Waals surface area contributed by atoms with Crippen LogP contribution in [0.25, 0.3) is 0 Å². The molecule has 14 heteroatoms. The van der Waals surface area contributed by atoms with Crippen LogP contribution in [-0.4, -0.2) is 90.6 Å². The van der Waals surface area contributed by atoms with Gasteiger partial charge in [-0.1, -0.05) is 72.9 Å². The first kappa shape index (κ1) is 40.8. The van der Waals surface area contributed by atoms with Crippen LogP contribution in [0.2, 0.25) is 18.6 Å². The van der Waals surface area contributed by atoms with Crippen LogP contribution in [-0.2, 0) is 36.0 Å². The molecule has 298 valence electrons. The standard InChI is InChI=1S/C42H53N5O8Si/c1-27-39(56(5,6)32-18-16-31(53-3)17-19-32)37(21-23-46-25-35(44-45-46)33(26-48)29-12-8-7-9-13-29)55-42(27)34-24-30(43-40(51)28(2)49)15-20-36(34)47(41(42)52)22-11-10-14-38(50)54-4/h7-9,12-13,15-20,24-25,27-28,33,37,39,48-49H,10-11,14,21-23,26H2,1-6H3,(H,43,51)/t27-,28-,33?,37+,39-,42+/m0/s1. The molecule has 56 heavy (non-hydrogen) atoms. The minimum absolute atomic E-state index is 0.0554. The van der Waals surface area contributed by atoms with Crippen LogP contribution in [0.5, 0.6) is 5.75 Å². The molecule has 0 saturated carbocycles.